The molecule has 1 aromatic carbocycles. The predicted molar refractivity (Wildman–Crippen MR) is 83.6 cm³/mol. The van der Waals surface area contributed by atoms with Crippen molar-refractivity contribution in [2.24, 2.45) is 0 Å². The van der Waals surface area contributed by atoms with Gasteiger partial charge < -0.3 is 15.2 Å². The van der Waals surface area contributed by atoms with E-state index in [2.05, 4.69) is 10.2 Å². The highest BCUT2D eigenvalue weighted by Crippen LogP contribution is 2.14. The number of carboxylic acid groups (broad SMARTS) is 1. The molecule has 0 aliphatic carbocycles. The molecular weight excluding hydrogens is 282 g/mol. The number of carbonyl (C=O) groups is 1. The monoisotopic (exact) mass is 303 g/mol. The van der Waals surface area contributed by atoms with Crippen molar-refractivity contribution >= 4 is 6.09 Å². The van der Waals surface area contributed by atoms with Crippen LogP contribution in [0.3, 0.4) is 0 Å². The van der Waals surface area contributed by atoms with Crippen LogP contribution in [0.2, 0.25) is 0 Å². The highest BCUT2D eigenvalue weighted by atomic mass is 16.5. The van der Waals surface area contributed by atoms with E-state index in [1.807, 2.05) is 37.3 Å². The molecule has 1 atom stereocenters. The fourth-order valence-corrected chi connectivity index (χ4v) is 1.97. The van der Waals surface area contributed by atoms with Crippen molar-refractivity contribution in [2.45, 2.75) is 19.5 Å². The van der Waals surface area contributed by atoms with Gasteiger partial charge in [0, 0.05) is 31.8 Å². The van der Waals surface area contributed by atoms with E-state index in [1.165, 1.54) is 6.08 Å². The fraction of sp³-hybridized carbons (Fsp3) is 0.375. The minimum Gasteiger partial charge on any atom is -0.497 e. The summed E-state index contributed by atoms with van der Waals surface area (Å²) in [5, 5.41) is 19.7. The molecule has 6 heteroatoms. The van der Waals surface area contributed by atoms with Gasteiger partial charge in [0.25, 0.3) is 0 Å². The molecule has 0 aliphatic rings. The zero-order valence-electron chi connectivity index (χ0n) is 12.8. The Balaban J connectivity index is 2.72. The Bertz CT molecular complexity index is 535. The van der Waals surface area contributed by atoms with Crippen LogP contribution in [0, 0.1) is 11.3 Å². The maximum atomic E-state index is 10.6. The number of methoxy groups -OCH3 is 1. The normalized spacial score (nSPS) is 12.1. The highest BCUT2D eigenvalue weighted by Gasteiger charge is 2.14. The summed E-state index contributed by atoms with van der Waals surface area (Å²) < 4.78 is 5.13. The summed E-state index contributed by atoms with van der Waals surface area (Å²) in [6.07, 6.45) is 2.16. The zero-order chi connectivity index (χ0) is 16.4. The Hall–Kier alpha value is -2.52. The van der Waals surface area contributed by atoms with Gasteiger partial charge >= 0.3 is 6.09 Å². The van der Waals surface area contributed by atoms with Gasteiger partial charge in [0.15, 0.2) is 0 Å². The van der Waals surface area contributed by atoms with Gasteiger partial charge in [-0.25, -0.2) is 4.79 Å². The van der Waals surface area contributed by atoms with Crippen LogP contribution in [0.5, 0.6) is 5.75 Å². The van der Waals surface area contributed by atoms with Gasteiger partial charge in [-0.3, -0.25) is 4.90 Å². The van der Waals surface area contributed by atoms with Crippen molar-refractivity contribution < 1.29 is 14.6 Å². The molecule has 22 heavy (non-hydrogen) atoms. The average molecular weight is 303 g/mol. The van der Waals surface area contributed by atoms with E-state index >= 15 is 0 Å². The first-order chi connectivity index (χ1) is 10.6. The van der Waals surface area contributed by atoms with Crippen LogP contribution in [0.1, 0.15) is 12.5 Å². The Labute approximate surface area is 130 Å². The molecule has 0 saturated heterocycles. The van der Waals surface area contributed by atoms with Gasteiger partial charge in [-0.1, -0.05) is 18.2 Å². The maximum Gasteiger partial charge on any atom is 0.404 e. The standard InChI is InChI=1S/C16H21N3O3/c1-13(11-18-16(20)21)19(10-4-3-9-17)12-14-5-7-15(22-2)8-6-14/h3-8,13,18H,10-12H2,1-2H3,(H,20,21). The van der Waals surface area contributed by atoms with E-state index in [-0.39, 0.29) is 6.04 Å². The number of ether oxygens (including phenoxy) is 1. The van der Waals surface area contributed by atoms with E-state index in [1.54, 1.807) is 13.2 Å². The lowest BCUT2D eigenvalue weighted by Crippen LogP contribution is -2.41. The molecule has 0 heterocycles. The number of nitrogens with zero attached hydrogens (tertiary/aromatic N) is 2. The van der Waals surface area contributed by atoms with E-state index in [4.69, 9.17) is 15.1 Å². The second kappa shape index (κ2) is 9.42. The van der Waals surface area contributed by atoms with Crippen LogP contribution in [0.25, 0.3) is 0 Å². The summed E-state index contributed by atoms with van der Waals surface area (Å²) in [5.74, 6) is 0.792. The van der Waals surface area contributed by atoms with Gasteiger partial charge in [-0.05, 0) is 24.6 Å². The molecule has 0 spiro atoms. The SMILES string of the molecule is COc1ccc(CN(CC=CC#N)C(C)CNC(=O)O)cc1. The molecule has 1 aromatic rings. The molecule has 1 amide bonds. The molecule has 1 rings (SSSR count). The largest absolute Gasteiger partial charge is 0.497 e. The number of nitrogens with one attached hydrogen (secondary N) is 1. The Kier molecular flexibility index (Phi) is 7.51. The molecule has 0 bridgehead atoms. The summed E-state index contributed by atoms with van der Waals surface area (Å²) in [6.45, 7) is 3.50. The van der Waals surface area contributed by atoms with E-state index < -0.39 is 6.09 Å². The first-order valence-electron chi connectivity index (χ1n) is 6.95. The van der Waals surface area contributed by atoms with Crippen LogP contribution >= 0.6 is 0 Å². The number of hydrogen-bond donors (Lipinski definition) is 2. The molecule has 0 aliphatic heterocycles. The molecule has 0 radical (unpaired) electrons. The minimum absolute atomic E-state index is 0.00143. The lowest BCUT2D eigenvalue weighted by molar-refractivity contribution is 0.181. The summed E-state index contributed by atoms with van der Waals surface area (Å²) in [6, 6.07) is 9.67. The van der Waals surface area contributed by atoms with Crippen LogP contribution in [-0.4, -0.2) is 42.3 Å². The van der Waals surface area contributed by atoms with Crippen molar-refractivity contribution in [3.63, 3.8) is 0 Å². The van der Waals surface area contributed by atoms with Gasteiger partial charge in [-0.15, -0.1) is 0 Å². The van der Waals surface area contributed by atoms with Crippen LogP contribution in [0.15, 0.2) is 36.4 Å². The van der Waals surface area contributed by atoms with E-state index in [0.717, 1.165) is 11.3 Å². The van der Waals surface area contributed by atoms with E-state index in [0.29, 0.717) is 19.6 Å². The molecule has 118 valence electrons. The third-order valence-corrected chi connectivity index (χ3v) is 3.25. The van der Waals surface area contributed by atoms with E-state index in [9.17, 15) is 4.79 Å². The predicted octanol–water partition coefficient (Wildman–Crippen LogP) is 2.23. The van der Waals surface area contributed by atoms with Crippen molar-refractivity contribution in [1.29, 1.82) is 5.26 Å². The Morgan fingerprint density at radius 2 is 2.18 bits per heavy atom. The molecule has 1 unspecified atom stereocenters. The Morgan fingerprint density at radius 3 is 2.73 bits per heavy atom. The summed E-state index contributed by atoms with van der Waals surface area (Å²) in [5.41, 5.74) is 1.09. The fourth-order valence-electron chi connectivity index (χ4n) is 1.97. The van der Waals surface area contributed by atoms with Crippen LogP contribution in [-0.2, 0) is 6.54 Å². The van der Waals surface area contributed by atoms with Gasteiger partial charge in [-0.2, -0.15) is 5.26 Å². The number of nitriles is 1. The highest BCUT2D eigenvalue weighted by molar-refractivity contribution is 5.64. The molecule has 6 nitrogen and oxygen atoms in total. The van der Waals surface area contributed by atoms with Crippen LogP contribution in [0.4, 0.5) is 4.79 Å². The first-order valence-corrected chi connectivity index (χ1v) is 6.95. The topological polar surface area (TPSA) is 85.6 Å². The zero-order valence-corrected chi connectivity index (χ0v) is 12.8. The number of allylic oxidation sites excluding steroid dienone is 1. The van der Waals surface area contributed by atoms with Gasteiger partial charge in [0.2, 0.25) is 0 Å². The van der Waals surface area contributed by atoms with Crippen molar-refractivity contribution in [3.05, 3.63) is 42.0 Å². The molecule has 0 fully saturated rings. The lowest BCUT2D eigenvalue weighted by atomic mass is 10.1. The first kappa shape index (κ1) is 17.5. The molecule has 0 aromatic heterocycles. The van der Waals surface area contributed by atoms with Crippen LogP contribution < -0.4 is 10.1 Å². The number of hydrogen-bond acceptors (Lipinski definition) is 4. The van der Waals surface area contributed by atoms with Gasteiger partial charge in [0.1, 0.15) is 5.75 Å². The summed E-state index contributed by atoms with van der Waals surface area (Å²) >= 11 is 0. The van der Waals surface area contributed by atoms with Crippen molar-refractivity contribution in [2.75, 3.05) is 20.2 Å². The number of rotatable bonds is 8. The van der Waals surface area contributed by atoms with Crippen molar-refractivity contribution in [3.8, 4) is 11.8 Å². The third-order valence-electron chi connectivity index (χ3n) is 3.25. The third kappa shape index (κ3) is 6.29. The number of benzene rings is 1. The molecule has 2 N–H and O–H groups in total. The minimum atomic E-state index is -1.04. The Morgan fingerprint density at radius 1 is 1.50 bits per heavy atom. The maximum absolute atomic E-state index is 10.6. The molecular formula is C16H21N3O3. The number of amides is 1. The lowest BCUT2D eigenvalue weighted by Gasteiger charge is -2.28. The van der Waals surface area contributed by atoms with Crippen molar-refractivity contribution in [1.82, 2.24) is 10.2 Å². The smallest absolute Gasteiger partial charge is 0.404 e. The second-order valence-electron chi connectivity index (χ2n) is 4.84. The average Bonchev–Trinajstić information content (AvgIpc) is 2.52. The summed E-state index contributed by atoms with van der Waals surface area (Å²) in [7, 11) is 1.62. The second-order valence-corrected chi connectivity index (χ2v) is 4.84. The summed E-state index contributed by atoms with van der Waals surface area (Å²) in [4.78, 5) is 12.7. The van der Waals surface area contributed by atoms with Gasteiger partial charge in [0.05, 0.1) is 13.2 Å². The molecule has 0 saturated carbocycles. The quantitative estimate of drug-likeness (QED) is 0.719.